The molecule has 23 heavy (non-hydrogen) atoms. The minimum Gasteiger partial charge on any atom is -0.492 e. The lowest BCUT2D eigenvalue weighted by molar-refractivity contribution is 0.0441. The number of carbonyl (C=O) groups is 2. The van der Waals surface area contributed by atoms with E-state index in [-0.39, 0.29) is 11.1 Å². The first kappa shape index (κ1) is 15.3. The Morgan fingerprint density at radius 3 is 1.65 bits per heavy atom. The summed E-state index contributed by atoms with van der Waals surface area (Å²) >= 11 is 0. The van der Waals surface area contributed by atoms with E-state index < -0.39 is 11.9 Å². The minimum atomic E-state index is -0.678. The Morgan fingerprint density at radius 1 is 0.826 bits per heavy atom. The van der Waals surface area contributed by atoms with Crippen molar-refractivity contribution in [3.8, 4) is 11.5 Å². The van der Waals surface area contributed by atoms with E-state index in [1.807, 2.05) is 38.1 Å². The quantitative estimate of drug-likeness (QED) is 0.600. The van der Waals surface area contributed by atoms with Crippen LogP contribution in [0.1, 0.15) is 47.4 Å². The summed E-state index contributed by atoms with van der Waals surface area (Å²) in [6.07, 6.45) is 1.58. The molecule has 3 rings (SSSR count). The number of cyclic esters (lactones) is 2. The molecule has 0 aliphatic carbocycles. The van der Waals surface area contributed by atoms with Crippen LogP contribution in [-0.4, -0.2) is 25.2 Å². The van der Waals surface area contributed by atoms with E-state index >= 15 is 0 Å². The summed E-state index contributed by atoms with van der Waals surface area (Å²) in [5.41, 5.74) is 0.349. The molecule has 1 aliphatic heterocycles. The van der Waals surface area contributed by atoms with Gasteiger partial charge in [0.05, 0.1) is 13.2 Å². The van der Waals surface area contributed by atoms with E-state index in [0.717, 1.165) is 23.6 Å². The molecule has 0 saturated heterocycles. The molecule has 5 heteroatoms. The van der Waals surface area contributed by atoms with Crippen LogP contribution in [0.3, 0.4) is 0 Å². The Morgan fingerprint density at radius 2 is 1.26 bits per heavy atom. The first-order chi connectivity index (χ1) is 11.2. The highest BCUT2D eigenvalue weighted by atomic mass is 16.6. The number of benzene rings is 2. The van der Waals surface area contributed by atoms with Crippen molar-refractivity contribution in [3.63, 3.8) is 0 Å². The van der Waals surface area contributed by atoms with Crippen molar-refractivity contribution < 1.29 is 23.8 Å². The zero-order chi connectivity index (χ0) is 16.4. The standard InChI is InChI=1S/C18H18O5/c1-3-9-21-15-11-7-5-6-8-12(11)16(22-10-4-2)14-13(15)17(19)23-18(14)20/h5-8H,3-4,9-10H2,1-2H3. The van der Waals surface area contributed by atoms with E-state index in [0.29, 0.717) is 24.7 Å². The molecule has 2 aromatic rings. The molecule has 1 heterocycles. The van der Waals surface area contributed by atoms with Crippen LogP contribution in [0.25, 0.3) is 10.8 Å². The van der Waals surface area contributed by atoms with Gasteiger partial charge >= 0.3 is 11.9 Å². The van der Waals surface area contributed by atoms with Crippen molar-refractivity contribution in [2.45, 2.75) is 26.7 Å². The number of esters is 2. The first-order valence-corrected chi connectivity index (χ1v) is 7.79. The fraction of sp³-hybridized carbons (Fsp3) is 0.333. The van der Waals surface area contributed by atoms with Gasteiger partial charge in [-0.1, -0.05) is 38.1 Å². The van der Waals surface area contributed by atoms with Gasteiger partial charge in [0, 0.05) is 10.8 Å². The molecular formula is C18H18O5. The Balaban J connectivity index is 2.32. The van der Waals surface area contributed by atoms with Crippen LogP contribution in [-0.2, 0) is 4.74 Å². The Labute approximate surface area is 134 Å². The van der Waals surface area contributed by atoms with E-state index in [4.69, 9.17) is 14.2 Å². The van der Waals surface area contributed by atoms with Gasteiger partial charge in [0.1, 0.15) is 22.6 Å². The number of hydrogen-bond donors (Lipinski definition) is 0. The van der Waals surface area contributed by atoms with Gasteiger partial charge in [0.2, 0.25) is 0 Å². The van der Waals surface area contributed by atoms with Gasteiger partial charge in [-0.25, -0.2) is 9.59 Å². The van der Waals surface area contributed by atoms with Crippen molar-refractivity contribution in [2.24, 2.45) is 0 Å². The molecule has 0 N–H and O–H groups in total. The summed E-state index contributed by atoms with van der Waals surface area (Å²) in [7, 11) is 0. The molecule has 1 aliphatic rings. The third kappa shape index (κ3) is 2.52. The predicted molar refractivity (Wildman–Crippen MR) is 85.3 cm³/mol. The van der Waals surface area contributed by atoms with E-state index in [2.05, 4.69) is 0 Å². The van der Waals surface area contributed by atoms with Gasteiger partial charge in [0.25, 0.3) is 0 Å². The largest absolute Gasteiger partial charge is 0.492 e. The van der Waals surface area contributed by atoms with Gasteiger partial charge in [-0.15, -0.1) is 0 Å². The number of carbonyl (C=O) groups excluding carboxylic acids is 2. The smallest absolute Gasteiger partial charge is 0.350 e. The average molecular weight is 314 g/mol. The molecule has 0 saturated carbocycles. The maximum atomic E-state index is 12.2. The molecule has 0 bridgehead atoms. The van der Waals surface area contributed by atoms with Gasteiger partial charge in [0.15, 0.2) is 0 Å². The molecule has 0 unspecified atom stereocenters. The molecule has 0 atom stereocenters. The predicted octanol–water partition coefficient (Wildman–Crippen LogP) is 3.73. The topological polar surface area (TPSA) is 61.8 Å². The molecule has 120 valence electrons. The molecule has 2 aromatic carbocycles. The summed E-state index contributed by atoms with van der Waals surface area (Å²) in [4.78, 5) is 24.3. The van der Waals surface area contributed by atoms with Gasteiger partial charge in [-0.2, -0.15) is 0 Å². The monoisotopic (exact) mass is 314 g/mol. The second-order valence-corrected chi connectivity index (χ2v) is 5.33. The summed E-state index contributed by atoms with van der Waals surface area (Å²) in [6, 6.07) is 7.43. The summed E-state index contributed by atoms with van der Waals surface area (Å²) in [5.74, 6) is -0.555. The molecule has 0 amide bonds. The fourth-order valence-electron chi connectivity index (χ4n) is 2.66. The highest BCUT2D eigenvalue weighted by Gasteiger charge is 2.39. The second kappa shape index (κ2) is 6.28. The number of fused-ring (bicyclic) bond motifs is 2. The van der Waals surface area contributed by atoms with Crippen molar-refractivity contribution in [2.75, 3.05) is 13.2 Å². The normalized spacial score (nSPS) is 13.1. The van der Waals surface area contributed by atoms with Crippen LogP contribution in [0.2, 0.25) is 0 Å². The van der Waals surface area contributed by atoms with Gasteiger partial charge < -0.3 is 14.2 Å². The number of rotatable bonds is 6. The molecule has 0 radical (unpaired) electrons. The highest BCUT2D eigenvalue weighted by molar-refractivity contribution is 6.22. The highest BCUT2D eigenvalue weighted by Crippen LogP contribution is 2.44. The van der Waals surface area contributed by atoms with Crippen LogP contribution in [0, 0.1) is 0 Å². The zero-order valence-electron chi connectivity index (χ0n) is 13.2. The van der Waals surface area contributed by atoms with Crippen molar-refractivity contribution in [1.82, 2.24) is 0 Å². The summed E-state index contributed by atoms with van der Waals surface area (Å²) in [5, 5.41) is 1.50. The van der Waals surface area contributed by atoms with Crippen LogP contribution in [0.4, 0.5) is 0 Å². The van der Waals surface area contributed by atoms with Crippen molar-refractivity contribution in [3.05, 3.63) is 35.4 Å². The van der Waals surface area contributed by atoms with Gasteiger partial charge in [-0.05, 0) is 12.8 Å². The minimum absolute atomic E-state index is 0.174. The summed E-state index contributed by atoms with van der Waals surface area (Å²) in [6.45, 7) is 4.86. The second-order valence-electron chi connectivity index (χ2n) is 5.33. The average Bonchev–Trinajstić information content (AvgIpc) is 2.85. The van der Waals surface area contributed by atoms with E-state index in [9.17, 15) is 9.59 Å². The van der Waals surface area contributed by atoms with Crippen molar-refractivity contribution >= 4 is 22.7 Å². The molecule has 5 nitrogen and oxygen atoms in total. The lowest BCUT2D eigenvalue weighted by Gasteiger charge is -2.16. The van der Waals surface area contributed by atoms with Crippen LogP contribution >= 0.6 is 0 Å². The lowest BCUT2D eigenvalue weighted by Crippen LogP contribution is -2.07. The van der Waals surface area contributed by atoms with Crippen molar-refractivity contribution in [1.29, 1.82) is 0 Å². The molecular weight excluding hydrogens is 296 g/mol. The van der Waals surface area contributed by atoms with Crippen LogP contribution in [0.15, 0.2) is 24.3 Å². The molecule has 0 aromatic heterocycles. The van der Waals surface area contributed by atoms with E-state index in [1.54, 1.807) is 0 Å². The number of ether oxygens (including phenoxy) is 3. The third-order valence-electron chi connectivity index (χ3n) is 3.62. The molecule has 0 spiro atoms. The maximum Gasteiger partial charge on any atom is 0.350 e. The Bertz CT molecular complexity index is 714. The maximum absolute atomic E-state index is 12.2. The summed E-state index contributed by atoms with van der Waals surface area (Å²) < 4.78 is 16.4. The fourth-order valence-corrected chi connectivity index (χ4v) is 2.66. The molecule has 0 fully saturated rings. The van der Waals surface area contributed by atoms with Crippen LogP contribution < -0.4 is 9.47 Å². The lowest BCUT2D eigenvalue weighted by atomic mass is 9.99. The third-order valence-corrected chi connectivity index (χ3v) is 3.62. The Kier molecular flexibility index (Phi) is 4.19. The van der Waals surface area contributed by atoms with E-state index in [1.165, 1.54) is 0 Å². The SMILES string of the molecule is CCCOc1c2c(c(OCCC)c3ccccc13)C(=O)OC2=O. The first-order valence-electron chi connectivity index (χ1n) is 7.79. The Hall–Kier alpha value is -2.56. The zero-order valence-corrected chi connectivity index (χ0v) is 13.2. The van der Waals surface area contributed by atoms with Gasteiger partial charge in [-0.3, -0.25) is 0 Å². The number of hydrogen-bond acceptors (Lipinski definition) is 5. The van der Waals surface area contributed by atoms with Crippen LogP contribution in [0.5, 0.6) is 11.5 Å².